The van der Waals surface area contributed by atoms with E-state index in [1.54, 1.807) is 22.3 Å². The predicted octanol–water partition coefficient (Wildman–Crippen LogP) is 4.71. The van der Waals surface area contributed by atoms with Crippen LogP contribution < -0.4 is 10.1 Å². The molecule has 1 N–H and O–H groups in total. The van der Waals surface area contributed by atoms with Gasteiger partial charge in [0.25, 0.3) is 0 Å². The van der Waals surface area contributed by atoms with Crippen molar-refractivity contribution in [2.24, 2.45) is 13.0 Å². The maximum atomic E-state index is 6.60. The van der Waals surface area contributed by atoms with Crippen LogP contribution in [-0.4, -0.2) is 55.9 Å². The van der Waals surface area contributed by atoms with Crippen LogP contribution in [-0.2, 0) is 7.05 Å². The molecule has 0 amide bonds. The van der Waals surface area contributed by atoms with Gasteiger partial charge in [0.05, 0.1) is 32.8 Å². The number of ether oxygens (including phenoxy) is 1. The summed E-state index contributed by atoms with van der Waals surface area (Å²) in [6.07, 6.45) is 5.53. The fourth-order valence-corrected chi connectivity index (χ4v) is 5.21. The molecule has 1 fully saturated rings. The molecule has 1 aliphatic heterocycles. The van der Waals surface area contributed by atoms with Gasteiger partial charge in [-0.25, -0.2) is 15.0 Å². The molecule has 1 aliphatic rings. The van der Waals surface area contributed by atoms with Crippen LogP contribution in [0.15, 0.2) is 54.6 Å². The van der Waals surface area contributed by atoms with Gasteiger partial charge in [0, 0.05) is 43.5 Å². The molecule has 0 aliphatic carbocycles. The molecular weight excluding hydrogens is 446 g/mol. The minimum Gasteiger partial charge on any atom is -0.489 e. The summed E-state index contributed by atoms with van der Waals surface area (Å²) in [6.45, 7) is 4.23. The highest BCUT2D eigenvalue weighted by Crippen LogP contribution is 2.38. The number of rotatable bonds is 6. The number of likely N-dealkylation sites (tertiary alicyclic amines) is 1. The number of thiazole rings is 1. The first-order valence-corrected chi connectivity index (χ1v) is 12.1. The molecule has 0 radical (unpaired) electrons. The van der Waals surface area contributed by atoms with E-state index in [2.05, 4.69) is 62.4 Å². The molecule has 9 heteroatoms. The molecule has 0 bridgehead atoms. The smallest absolute Gasteiger partial charge is 0.145 e. The van der Waals surface area contributed by atoms with E-state index in [0.29, 0.717) is 5.92 Å². The van der Waals surface area contributed by atoms with Gasteiger partial charge in [-0.1, -0.05) is 0 Å². The van der Waals surface area contributed by atoms with Crippen LogP contribution in [0.25, 0.3) is 32.2 Å². The average molecular weight is 472 g/mol. The van der Waals surface area contributed by atoms with E-state index < -0.39 is 0 Å². The summed E-state index contributed by atoms with van der Waals surface area (Å²) in [5, 5.41) is 8.70. The average Bonchev–Trinajstić information content (AvgIpc) is 3.45. The van der Waals surface area contributed by atoms with Crippen molar-refractivity contribution in [3.63, 3.8) is 0 Å². The molecule has 0 saturated carbocycles. The molecule has 3 aromatic heterocycles. The van der Waals surface area contributed by atoms with E-state index >= 15 is 0 Å². The Balaban J connectivity index is 1.44. The molecule has 0 unspecified atom stereocenters. The normalized spacial score (nSPS) is 15.5. The van der Waals surface area contributed by atoms with Crippen LogP contribution in [0.5, 0.6) is 5.75 Å². The summed E-state index contributed by atoms with van der Waals surface area (Å²) in [4.78, 5) is 15.9. The first kappa shape index (κ1) is 21.0. The summed E-state index contributed by atoms with van der Waals surface area (Å²) in [5.41, 5.74) is 6.67. The number of anilines is 2. The maximum absolute atomic E-state index is 6.60. The van der Waals surface area contributed by atoms with Crippen molar-refractivity contribution in [1.82, 2.24) is 29.6 Å². The van der Waals surface area contributed by atoms with Gasteiger partial charge in [-0.05, 0) is 49.9 Å². The Morgan fingerprint density at radius 1 is 1.06 bits per heavy atom. The Morgan fingerprint density at radius 2 is 1.94 bits per heavy atom. The van der Waals surface area contributed by atoms with E-state index in [-0.39, 0.29) is 6.10 Å². The fourth-order valence-electron chi connectivity index (χ4n) is 4.49. The molecule has 8 nitrogen and oxygen atoms in total. The summed E-state index contributed by atoms with van der Waals surface area (Å²) >= 11 is 1.62. The Labute approximate surface area is 201 Å². The zero-order chi connectivity index (χ0) is 23.2. The van der Waals surface area contributed by atoms with Gasteiger partial charge in [-0.15, -0.1) is 11.3 Å². The molecule has 5 aromatic rings. The number of aryl methyl sites for hydroxylation is 1. The number of fused-ring (bicyclic) bond motifs is 2. The van der Waals surface area contributed by atoms with Crippen molar-refractivity contribution >= 4 is 44.0 Å². The van der Waals surface area contributed by atoms with Crippen molar-refractivity contribution in [1.29, 1.82) is 0 Å². The highest BCUT2D eigenvalue weighted by Gasteiger charge is 2.30. The van der Waals surface area contributed by atoms with Crippen molar-refractivity contribution in [2.45, 2.75) is 13.0 Å². The van der Waals surface area contributed by atoms with Gasteiger partial charge in [0.15, 0.2) is 0 Å². The van der Waals surface area contributed by atoms with Gasteiger partial charge in [0.1, 0.15) is 24.0 Å². The molecule has 1 atom stereocenters. The molecule has 1 saturated heterocycles. The minimum atomic E-state index is 0.0742. The summed E-state index contributed by atoms with van der Waals surface area (Å²) < 4.78 is 9.53. The van der Waals surface area contributed by atoms with Crippen LogP contribution >= 0.6 is 11.3 Å². The zero-order valence-corrected chi connectivity index (χ0v) is 20.1. The van der Waals surface area contributed by atoms with E-state index in [1.165, 1.54) is 0 Å². The second-order valence-electron chi connectivity index (χ2n) is 8.96. The van der Waals surface area contributed by atoms with Crippen LogP contribution in [0.4, 0.5) is 11.5 Å². The largest absolute Gasteiger partial charge is 0.489 e. The summed E-state index contributed by atoms with van der Waals surface area (Å²) in [7, 11) is 4.05. The van der Waals surface area contributed by atoms with Crippen LogP contribution in [0, 0.1) is 5.92 Å². The molecule has 34 heavy (non-hydrogen) atoms. The maximum Gasteiger partial charge on any atom is 0.145 e. The standard InChI is InChI=1S/C25H25N7OS/c1-15(18-10-31(2)11-18)33-22-7-16(17-9-29-32(3)12-17)6-21-24(22)25(27-13-26-21)30-19-4-5-20-23(8-19)34-14-28-20/h4-9,12-15,18H,10-11H2,1-3H3,(H,26,27,30)/t15-/m1/s1. The lowest BCUT2D eigenvalue weighted by Gasteiger charge is -2.39. The van der Waals surface area contributed by atoms with E-state index in [0.717, 1.165) is 62.6 Å². The van der Waals surface area contributed by atoms with Gasteiger partial charge in [0.2, 0.25) is 0 Å². The SMILES string of the molecule is C[C@@H](Oc1cc(-c2cnn(C)c2)cc2ncnc(Nc3ccc4ncsc4c3)c12)C1CN(C)C1. The van der Waals surface area contributed by atoms with Gasteiger partial charge in [-0.2, -0.15) is 5.10 Å². The Bertz CT molecular complexity index is 1490. The fraction of sp³-hybridized carbons (Fsp3) is 0.280. The predicted molar refractivity (Wildman–Crippen MR) is 136 cm³/mol. The number of aromatic nitrogens is 5. The van der Waals surface area contributed by atoms with Crippen molar-refractivity contribution in [2.75, 3.05) is 25.5 Å². The quantitative estimate of drug-likeness (QED) is 0.384. The molecular formula is C25H25N7OS. The van der Waals surface area contributed by atoms with E-state index in [9.17, 15) is 0 Å². The second kappa shape index (κ2) is 8.34. The highest BCUT2D eigenvalue weighted by atomic mass is 32.1. The van der Waals surface area contributed by atoms with Crippen molar-refractivity contribution in [3.05, 3.63) is 54.6 Å². The third-order valence-corrected chi connectivity index (χ3v) is 7.19. The summed E-state index contributed by atoms with van der Waals surface area (Å²) in [6, 6.07) is 10.3. The molecule has 0 spiro atoms. The number of nitrogens with one attached hydrogen (secondary N) is 1. The lowest BCUT2D eigenvalue weighted by atomic mass is 9.95. The number of hydrogen-bond acceptors (Lipinski definition) is 8. The van der Waals surface area contributed by atoms with E-state index in [4.69, 9.17) is 4.74 Å². The van der Waals surface area contributed by atoms with Gasteiger partial charge < -0.3 is 15.0 Å². The first-order valence-electron chi connectivity index (χ1n) is 11.3. The monoisotopic (exact) mass is 471 g/mol. The van der Waals surface area contributed by atoms with Crippen LogP contribution in [0.3, 0.4) is 0 Å². The Hall–Kier alpha value is -3.56. The lowest BCUT2D eigenvalue weighted by Crippen LogP contribution is -2.50. The number of hydrogen-bond donors (Lipinski definition) is 1. The Kier molecular flexibility index (Phi) is 5.15. The molecule has 2 aromatic carbocycles. The van der Waals surface area contributed by atoms with Crippen LogP contribution in [0.1, 0.15) is 6.92 Å². The van der Waals surface area contributed by atoms with Gasteiger partial charge >= 0.3 is 0 Å². The number of benzene rings is 2. The lowest BCUT2D eigenvalue weighted by molar-refractivity contribution is 0.0358. The molecule has 172 valence electrons. The third kappa shape index (κ3) is 3.86. The van der Waals surface area contributed by atoms with Crippen molar-refractivity contribution in [3.8, 4) is 16.9 Å². The molecule has 4 heterocycles. The van der Waals surface area contributed by atoms with Crippen LogP contribution in [0.2, 0.25) is 0 Å². The number of nitrogens with zero attached hydrogens (tertiary/aromatic N) is 6. The Morgan fingerprint density at radius 3 is 2.74 bits per heavy atom. The topological polar surface area (TPSA) is 81.0 Å². The van der Waals surface area contributed by atoms with E-state index in [1.807, 2.05) is 37.1 Å². The summed E-state index contributed by atoms with van der Waals surface area (Å²) in [5.74, 6) is 2.00. The second-order valence-corrected chi connectivity index (χ2v) is 9.84. The zero-order valence-electron chi connectivity index (χ0n) is 19.3. The van der Waals surface area contributed by atoms with Gasteiger partial charge in [-0.3, -0.25) is 4.68 Å². The first-order chi connectivity index (χ1) is 16.5. The third-order valence-electron chi connectivity index (χ3n) is 6.40. The highest BCUT2D eigenvalue weighted by molar-refractivity contribution is 7.16. The minimum absolute atomic E-state index is 0.0742. The molecule has 6 rings (SSSR count). The van der Waals surface area contributed by atoms with Crippen molar-refractivity contribution < 1.29 is 4.74 Å².